The number of nitrogens with zero attached hydrogens (tertiary/aromatic N) is 6. The molecule has 1 amide bonds. The molecule has 0 bridgehead atoms. The first-order chi connectivity index (χ1) is 13.6. The van der Waals surface area contributed by atoms with Gasteiger partial charge in [-0.25, -0.2) is 15.2 Å². The maximum atomic E-state index is 11.2. The van der Waals surface area contributed by atoms with Gasteiger partial charge in [0.05, 0.1) is 28.4 Å². The van der Waals surface area contributed by atoms with Crippen LogP contribution in [0, 0.1) is 49.3 Å². The molecular formula is C19H19BN6OSU. The molecule has 3 aromatic heterocycles. The SMILES string of the molecule is C[N-]C1CCB(C#N)CC1.Cc1cn2cc(-c3cc4c(s3)C(=O)[N-]4)ncc2n1.[U+2]. The number of thiophene rings is 1. The summed E-state index contributed by atoms with van der Waals surface area (Å²) in [6, 6.07) is 2.45. The van der Waals surface area contributed by atoms with E-state index in [4.69, 9.17) is 5.26 Å². The summed E-state index contributed by atoms with van der Waals surface area (Å²) >= 11 is 1.44. The molecule has 0 unspecified atom stereocenters. The first-order valence-electron chi connectivity index (χ1n) is 9.27. The first-order valence-corrected chi connectivity index (χ1v) is 10.1. The number of fused-ring (bicyclic) bond motifs is 2. The number of carbonyl (C=O) groups is 1. The van der Waals surface area contributed by atoms with Crippen LogP contribution in [0.15, 0.2) is 24.7 Å². The molecule has 0 radical (unpaired) electrons. The Kier molecular flexibility index (Phi) is 7.18. The van der Waals surface area contributed by atoms with Crippen molar-refractivity contribution in [3.63, 3.8) is 0 Å². The van der Waals surface area contributed by atoms with E-state index < -0.39 is 0 Å². The van der Waals surface area contributed by atoms with Gasteiger partial charge in [0, 0.05) is 23.2 Å². The largest absolute Gasteiger partial charge is 2.00 e. The third kappa shape index (κ3) is 4.75. The predicted octanol–water partition coefficient (Wildman–Crippen LogP) is 4.64. The summed E-state index contributed by atoms with van der Waals surface area (Å²) in [6.07, 6.45) is 9.95. The van der Waals surface area contributed by atoms with E-state index in [9.17, 15) is 4.79 Å². The maximum absolute atomic E-state index is 11.2. The Labute approximate surface area is 197 Å². The number of imidazole rings is 1. The van der Waals surface area contributed by atoms with Crippen LogP contribution in [0.1, 0.15) is 28.2 Å². The maximum Gasteiger partial charge on any atom is 2.00 e. The number of amides is 1. The number of nitriles is 1. The molecule has 0 N–H and O–H groups in total. The third-order valence-electron chi connectivity index (χ3n) is 5.09. The molecular weight excluding hydrogens is 609 g/mol. The van der Waals surface area contributed by atoms with E-state index in [1.54, 1.807) is 6.20 Å². The molecule has 10 heteroatoms. The fraction of sp³-hybridized carbons (Fsp3) is 0.368. The smallest absolute Gasteiger partial charge is 0.662 e. The van der Waals surface area contributed by atoms with Gasteiger partial charge in [0.2, 0.25) is 0 Å². The second-order valence-corrected chi connectivity index (χ2v) is 8.11. The Morgan fingerprint density at radius 1 is 1.38 bits per heavy atom. The van der Waals surface area contributed by atoms with Gasteiger partial charge in [-0.2, -0.15) is 7.05 Å². The van der Waals surface area contributed by atoms with Crippen molar-refractivity contribution in [1.82, 2.24) is 14.4 Å². The molecule has 0 aliphatic carbocycles. The van der Waals surface area contributed by atoms with Crippen LogP contribution in [-0.4, -0.2) is 40.1 Å². The Hall–Kier alpha value is -1.64. The fourth-order valence-corrected chi connectivity index (χ4v) is 4.41. The first kappa shape index (κ1) is 22.1. The van der Waals surface area contributed by atoms with Crippen molar-refractivity contribution in [3.05, 3.63) is 45.9 Å². The molecule has 2 aliphatic heterocycles. The molecule has 5 rings (SSSR count). The molecule has 0 saturated carbocycles. The monoisotopic (exact) mass is 628 g/mol. The Morgan fingerprint density at radius 2 is 2.14 bits per heavy atom. The van der Waals surface area contributed by atoms with Crippen LogP contribution in [0.3, 0.4) is 0 Å². The van der Waals surface area contributed by atoms with Crippen molar-refractivity contribution in [1.29, 1.82) is 5.26 Å². The summed E-state index contributed by atoms with van der Waals surface area (Å²) in [5.41, 5.74) is 3.39. The topological polar surface area (TPSA) is 99.2 Å². The predicted molar refractivity (Wildman–Crippen MR) is 112 cm³/mol. The Bertz CT molecular complexity index is 1070. The number of hydrogen-bond donors (Lipinski definition) is 0. The van der Waals surface area contributed by atoms with Gasteiger partial charge in [0.15, 0.2) is 5.65 Å². The van der Waals surface area contributed by atoms with Gasteiger partial charge in [-0.1, -0.05) is 31.5 Å². The molecule has 0 aromatic carbocycles. The van der Waals surface area contributed by atoms with Crippen LogP contribution in [0.4, 0.5) is 5.69 Å². The van der Waals surface area contributed by atoms with E-state index in [-0.39, 0.29) is 37.0 Å². The van der Waals surface area contributed by atoms with Crippen LogP contribution < -0.4 is 0 Å². The molecule has 29 heavy (non-hydrogen) atoms. The Balaban J connectivity index is 0.000000189. The van der Waals surface area contributed by atoms with Crippen LogP contribution >= 0.6 is 11.3 Å². The number of hydrogen-bond acceptors (Lipinski definition) is 5. The standard InChI is InChI=1S/C12H8N4OS.C7H12BN2.U/c1-6-4-16-5-8(13-3-10(16)14-6)9-2-7-11(18-9)12(17)15-7;1-10-7-2-4-8(6-9)5-3-7;/h2-5H,1H3,(H,15,17);7H,2-5H2,1H3;/q;-1;+2/p-1. The van der Waals surface area contributed by atoms with Crippen molar-refractivity contribution < 1.29 is 35.9 Å². The minimum Gasteiger partial charge on any atom is -0.662 e. The third-order valence-corrected chi connectivity index (χ3v) is 6.22. The molecule has 1 fully saturated rings. The molecule has 144 valence electrons. The quantitative estimate of drug-likeness (QED) is 0.387. The van der Waals surface area contributed by atoms with Gasteiger partial charge in [-0.15, -0.1) is 23.1 Å². The zero-order valence-electron chi connectivity index (χ0n) is 16.3. The normalized spacial score (nSPS) is 15.3. The van der Waals surface area contributed by atoms with Gasteiger partial charge in [-0.05, 0) is 6.92 Å². The number of rotatable bonds is 2. The number of carbonyl (C=O) groups excluding carboxylic acids is 1. The fourth-order valence-electron chi connectivity index (χ4n) is 3.47. The molecule has 2 aliphatic rings. The summed E-state index contributed by atoms with van der Waals surface area (Å²) in [4.78, 5) is 21.6. The van der Waals surface area contributed by atoms with E-state index in [0.29, 0.717) is 12.8 Å². The van der Waals surface area contributed by atoms with Crippen LogP contribution in [0.5, 0.6) is 0 Å². The van der Waals surface area contributed by atoms with Crippen molar-refractivity contribution >= 4 is 35.3 Å². The second-order valence-electron chi connectivity index (χ2n) is 7.06. The van der Waals surface area contributed by atoms with Crippen LogP contribution in [0.25, 0.3) is 26.9 Å². The van der Waals surface area contributed by atoms with Gasteiger partial charge in [0.1, 0.15) is 0 Å². The molecule has 0 atom stereocenters. The van der Waals surface area contributed by atoms with Crippen molar-refractivity contribution in [2.45, 2.75) is 38.4 Å². The second kappa shape index (κ2) is 9.45. The van der Waals surface area contributed by atoms with Gasteiger partial charge < -0.3 is 19.8 Å². The zero-order valence-corrected chi connectivity index (χ0v) is 21.3. The van der Waals surface area contributed by atoms with Gasteiger partial charge >= 0.3 is 31.1 Å². The summed E-state index contributed by atoms with van der Waals surface area (Å²) in [6.45, 7) is 2.26. The molecule has 5 heterocycles. The van der Waals surface area contributed by atoms with E-state index in [1.165, 1.54) is 11.3 Å². The average Bonchev–Trinajstić information content (AvgIpc) is 3.26. The molecule has 3 aromatic rings. The zero-order chi connectivity index (χ0) is 19.7. The van der Waals surface area contributed by atoms with E-state index in [2.05, 4.69) is 26.6 Å². The van der Waals surface area contributed by atoms with Crippen molar-refractivity contribution in [3.8, 4) is 16.5 Å². The summed E-state index contributed by atoms with van der Waals surface area (Å²) < 4.78 is 1.94. The van der Waals surface area contributed by atoms with Gasteiger partial charge in [0.25, 0.3) is 6.71 Å². The average molecular weight is 628 g/mol. The van der Waals surface area contributed by atoms with E-state index in [1.807, 2.05) is 36.8 Å². The number of aromatic nitrogens is 3. The van der Waals surface area contributed by atoms with E-state index >= 15 is 0 Å². The summed E-state index contributed by atoms with van der Waals surface area (Å²) in [5.74, 6) is 2.18. The number of aryl methyl sites for hydroxylation is 1. The molecule has 0 spiro atoms. The summed E-state index contributed by atoms with van der Waals surface area (Å²) in [5, 5.41) is 16.6. The summed E-state index contributed by atoms with van der Waals surface area (Å²) in [7, 11) is 1.87. The van der Waals surface area contributed by atoms with E-state index in [0.717, 1.165) is 58.0 Å². The van der Waals surface area contributed by atoms with Crippen molar-refractivity contribution in [2.24, 2.45) is 0 Å². The molecule has 1 saturated heterocycles. The van der Waals surface area contributed by atoms with Crippen LogP contribution in [-0.2, 0) is 0 Å². The van der Waals surface area contributed by atoms with Crippen molar-refractivity contribution in [2.75, 3.05) is 7.05 Å². The molecule has 7 nitrogen and oxygen atoms in total. The van der Waals surface area contributed by atoms with Crippen LogP contribution in [0.2, 0.25) is 12.6 Å². The minimum absolute atomic E-state index is 0. The van der Waals surface area contributed by atoms with Gasteiger partial charge in [-0.3, -0.25) is 0 Å². The Morgan fingerprint density at radius 3 is 2.76 bits per heavy atom. The minimum atomic E-state index is -0.124.